The molecule has 0 spiro atoms. The number of sulfone groups is 1. The number of nitrogens with zero attached hydrogens (tertiary/aromatic N) is 3. The number of thioether (sulfide) groups is 1. The van der Waals surface area contributed by atoms with Gasteiger partial charge in [-0.25, -0.2) is 18.4 Å². The molecule has 0 N–H and O–H groups in total. The van der Waals surface area contributed by atoms with Gasteiger partial charge in [-0.3, -0.25) is 4.79 Å². The lowest BCUT2D eigenvalue weighted by Crippen LogP contribution is -2.43. The van der Waals surface area contributed by atoms with Gasteiger partial charge in [-0.15, -0.1) is 11.8 Å². The van der Waals surface area contributed by atoms with Gasteiger partial charge in [0.1, 0.15) is 5.03 Å². The number of amides is 1. The van der Waals surface area contributed by atoms with Crippen LogP contribution in [-0.2, 0) is 9.84 Å². The third-order valence-electron chi connectivity index (χ3n) is 3.92. The highest BCUT2D eigenvalue weighted by Crippen LogP contribution is 2.34. The molecule has 2 aliphatic rings. The SMILES string of the molecule is CCSc1nccnc1C(=O)N(C1CC1)C1CCS(=O)(=O)C1. The van der Waals surface area contributed by atoms with Gasteiger partial charge in [0.05, 0.1) is 11.5 Å². The van der Waals surface area contributed by atoms with Crippen LogP contribution in [0.3, 0.4) is 0 Å². The molecular formula is C14H19N3O3S2. The topological polar surface area (TPSA) is 80.2 Å². The molecule has 0 bridgehead atoms. The Kier molecular flexibility index (Phi) is 4.40. The highest BCUT2D eigenvalue weighted by molar-refractivity contribution is 7.99. The highest BCUT2D eigenvalue weighted by atomic mass is 32.2. The highest BCUT2D eigenvalue weighted by Gasteiger charge is 2.43. The van der Waals surface area contributed by atoms with Gasteiger partial charge in [-0.1, -0.05) is 6.92 Å². The van der Waals surface area contributed by atoms with E-state index in [1.807, 2.05) is 6.92 Å². The summed E-state index contributed by atoms with van der Waals surface area (Å²) >= 11 is 1.48. The molecule has 1 atom stereocenters. The first-order chi connectivity index (χ1) is 10.5. The molecule has 1 aromatic heterocycles. The minimum absolute atomic E-state index is 0.0752. The van der Waals surface area contributed by atoms with E-state index < -0.39 is 9.84 Å². The number of carbonyl (C=O) groups excluding carboxylic acids is 1. The van der Waals surface area contributed by atoms with Crippen LogP contribution in [0.2, 0.25) is 0 Å². The maximum Gasteiger partial charge on any atom is 0.275 e. The van der Waals surface area contributed by atoms with Crippen molar-refractivity contribution in [1.29, 1.82) is 0 Å². The molecule has 120 valence electrons. The Morgan fingerprint density at radius 1 is 1.27 bits per heavy atom. The Labute approximate surface area is 134 Å². The van der Waals surface area contributed by atoms with E-state index in [1.54, 1.807) is 11.1 Å². The molecule has 2 fully saturated rings. The van der Waals surface area contributed by atoms with Crippen molar-refractivity contribution in [3.63, 3.8) is 0 Å². The third kappa shape index (κ3) is 3.27. The van der Waals surface area contributed by atoms with Crippen LogP contribution in [0.25, 0.3) is 0 Å². The van der Waals surface area contributed by atoms with E-state index in [0.717, 1.165) is 18.6 Å². The fraction of sp³-hybridized carbons (Fsp3) is 0.643. The normalized spacial score (nSPS) is 23.4. The van der Waals surface area contributed by atoms with Crippen molar-refractivity contribution in [1.82, 2.24) is 14.9 Å². The van der Waals surface area contributed by atoms with Crippen LogP contribution in [-0.4, -0.2) is 58.5 Å². The van der Waals surface area contributed by atoms with E-state index in [-0.39, 0.29) is 29.5 Å². The van der Waals surface area contributed by atoms with Crippen molar-refractivity contribution in [3.05, 3.63) is 18.1 Å². The van der Waals surface area contributed by atoms with Crippen molar-refractivity contribution >= 4 is 27.5 Å². The molecule has 22 heavy (non-hydrogen) atoms. The van der Waals surface area contributed by atoms with Gasteiger partial charge in [0.15, 0.2) is 15.5 Å². The smallest absolute Gasteiger partial charge is 0.275 e. The molecular weight excluding hydrogens is 322 g/mol. The van der Waals surface area contributed by atoms with Crippen molar-refractivity contribution < 1.29 is 13.2 Å². The van der Waals surface area contributed by atoms with Gasteiger partial charge < -0.3 is 4.90 Å². The maximum absolute atomic E-state index is 12.9. The van der Waals surface area contributed by atoms with Crippen molar-refractivity contribution in [2.75, 3.05) is 17.3 Å². The van der Waals surface area contributed by atoms with Crippen molar-refractivity contribution in [3.8, 4) is 0 Å². The Morgan fingerprint density at radius 3 is 2.59 bits per heavy atom. The second-order valence-electron chi connectivity index (χ2n) is 5.64. The molecule has 1 aromatic rings. The lowest BCUT2D eigenvalue weighted by molar-refractivity contribution is 0.0669. The second kappa shape index (κ2) is 6.16. The third-order valence-corrected chi connectivity index (χ3v) is 6.54. The number of hydrogen-bond acceptors (Lipinski definition) is 6. The van der Waals surface area contributed by atoms with Crippen LogP contribution in [0.15, 0.2) is 17.4 Å². The van der Waals surface area contributed by atoms with Crippen molar-refractivity contribution in [2.24, 2.45) is 0 Å². The molecule has 6 nitrogen and oxygen atoms in total. The first-order valence-corrected chi connectivity index (χ1v) is 10.3. The van der Waals surface area contributed by atoms with E-state index in [0.29, 0.717) is 17.1 Å². The Morgan fingerprint density at radius 2 is 2.00 bits per heavy atom. The monoisotopic (exact) mass is 341 g/mol. The summed E-state index contributed by atoms with van der Waals surface area (Å²) in [6.45, 7) is 2.00. The summed E-state index contributed by atoms with van der Waals surface area (Å²) in [5, 5.41) is 0.626. The van der Waals surface area contributed by atoms with Crippen LogP contribution in [0.5, 0.6) is 0 Å². The van der Waals surface area contributed by atoms with Crippen LogP contribution >= 0.6 is 11.8 Å². The predicted molar refractivity (Wildman–Crippen MR) is 84.7 cm³/mol. The Bertz CT molecular complexity index is 674. The molecule has 0 radical (unpaired) electrons. The van der Waals surface area contributed by atoms with Gasteiger partial charge in [-0.05, 0) is 25.0 Å². The maximum atomic E-state index is 12.9. The molecule has 1 amide bonds. The largest absolute Gasteiger partial charge is 0.330 e. The molecule has 1 unspecified atom stereocenters. The van der Waals surface area contributed by atoms with Gasteiger partial charge in [0.25, 0.3) is 5.91 Å². The van der Waals surface area contributed by atoms with Gasteiger partial charge >= 0.3 is 0 Å². The second-order valence-corrected chi connectivity index (χ2v) is 9.13. The Balaban J connectivity index is 1.88. The zero-order valence-electron chi connectivity index (χ0n) is 12.4. The van der Waals surface area contributed by atoms with E-state index >= 15 is 0 Å². The summed E-state index contributed by atoms with van der Waals surface area (Å²) in [6, 6.07) is -0.0567. The molecule has 1 aliphatic heterocycles. The minimum Gasteiger partial charge on any atom is -0.330 e. The van der Waals surface area contributed by atoms with Crippen LogP contribution in [0, 0.1) is 0 Å². The van der Waals surface area contributed by atoms with Crippen LogP contribution in [0.1, 0.15) is 36.7 Å². The predicted octanol–water partition coefficient (Wildman–Crippen LogP) is 1.38. The fourth-order valence-electron chi connectivity index (χ4n) is 2.81. The van der Waals surface area contributed by atoms with Crippen LogP contribution < -0.4 is 0 Å². The summed E-state index contributed by atoms with van der Waals surface area (Å²) in [5.74, 6) is 0.880. The Hall–Kier alpha value is -1.15. The van der Waals surface area contributed by atoms with E-state index in [1.165, 1.54) is 18.0 Å². The van der Waals surface area contributed by atoms with E-state index in [4.69, 9.17) is 0 Å². The zero-order valence-corrected chi connectivity index (χ0v) is 14.1. The lowest BCUT2D eigenvalue weighted by atomic mass is 10.2. The fourth-order valence-corrected chi connectivity index (χ4v) is 5.21. The number of rotatable bonds is 5. The standard InChI is InChI=1S/C14H19N3O3S2/c1-2-21-13-12(15-6-7-16-13)14(18)17(10-3-4-10)11-5-8-22(19,20)9-11/h6-7,10-11H,2-5,8-9H2,1H3. The first-order valence-electron chi connectivity index (χ1n) is 7.48. The summed E-state index contributed by atoms with van der Waals surface area (Å²) in [4.78, 5) is 23.1. The molecule has 0 aromatic carbocycles. The number of aromatic nitrogens is 2. The molecule has 3 rings (SSSR count). The van der Waals surface area contributed by atoms with Crippen LogP contribution in [0.4, 0.5) is 0 Å². The number of carbonyl (C=O) groups is 1. The lowest BCUT2D eigenvalue weighted by Gasteiger charge is -2.28. The summed E-state index contributed by atoms with van der Waals surface area (Å²) in [5.41, 5.74) is 0.352. The summed E-state index contributed by atoms with van der Waals surface area (Å²) < 4.78 is 23.5. The molecule has 1 saturated carbocycles. The molecule has 2 heterocycles. The van der Waals surface area contributed by atoms with Gasteiger partial charge in [0.2, 0.25) is 0 Å². The van der Waals surface area contributed by atoms with Crippen molar-refractivity contribution in [2.45, 2.75) is 43.3 Å². The first kappa shape index (κ1) is 15.7. The average molecular weight is 341 g/mol. The average Bonchev–Trinajstić information content (AvgIpc) is 3.24. The molecule has 1 saturated heterocycles. The molecule has 8 heteroatoms. The van der Waals surface area contributed by atoms with Gasteiger partial charge in [-0.2, -0.15) is 0 Å². The van der Waals surface area contributed by atoms with E-state index in [2.05, 4.69) is 9.97 Å². The molecule has 1 aliphatic carbocycles. The summed E-state index contributed by atoms with van der Waals surface area (Å²) in [6.07, 6.45) is 5.51. The minimum atomic E-state index is -3.02. The zero-order chi connectivity index (χ0) is 15.7. The quantitative estimate of drug-likeness (QED) is 0.753. The van der Waals surface area contributed by atoms with Gasteiger partial charge in [0, 0.05) is 24.5 Å². The van der Waals surface area contributed by atoms with E-state index in [9.17, 15) is 13.2 Å². The number of hydrogen-bond donors (Lipinski definition) is 0. The summed E-state index contributed by atoms with van der Waals surface area (Å²) in [7, 11) is -3.02.